The Hall–Kier alpha value is -2.08. The molecule has 0 heterocycles. The summed E-state index contributed by atoms with van der Waals surface area (Å²) in [5.74, 6) is -1.62. The summed E-state index contributed by atoms with van der Waals surface area (Å²) in [5, 5.41) is 8.33. The SMILES string of the molecule is CN(C)c1cccc(C(=O)NOCC(=O)O)c1. The average molecular weight is 238 g/mol. The van der Waals surface area contributed by atoms with Crippen LogP contribution in [-0.4, -0.2) is 37.7 Å². The lowest BCUT2D eigenvalue weighted by atomic mass is 10.2. The maximum atomic E-state index is 11.6. The lowest BCUT2D eigenvalue weighted by molar-refractivity contribution is -0.144. The molecule has 92 valence electrons. The predicted octanol–water partition coefficient (Wildman–Crippen LogP) is 0.499. The third-order valence-corrected chi connectivity index (χ3v) is 1.99. The third kappa shape index (κ3) is 4.12. The van der Waals surface area contributed by atoms with Crippen molar-refractivity contribution < 1.29 is 19.5 Å². The number of anilines is 1. The lowest BCUT2D eigenvalue weighted by Gasteiger charge is -2.13. The topological polar surface area (TPSA) is 78.9 Å². The molecule has 0 saturated heterocycles. The van der Waals surface area contributed by atoms with Gasteiger partial charge in [-0.05, 0) is 18.2 Å². The van der Waals surface area contributed by atoms with E-state index in [4.69, 9.17) is 5.11 Å². The van der Waals surface area contributed by atoms with Crippen molar-refractivity contribution >= 4 is 17.6 Å². The smallest absolute Gasteiger partial charge is 0.332 e. The maximum Gasteiger partial charge on any atom is 0.332 e. The molecule has 2 N–H and O–H groups in total. The van der Waals surface area contributed by atoms with Gasteiger partial charge in [-0.15, -0.1) is 0 Å². The van der Waals surface area contributed by atoms with Crippen LogP contribution in [0.3, 0.4) is 0 Å². The van der Waals surface area contributed by atoms with Gasteiger partial charge in [-0.1, -0.05) is 6.07 Å². The molecule has 1 amide bonds. The monoisotopic (exact) mass is 238 g/mol. The zero-order chi connectivity index (χ0) is 12.8. The molecule has 0 saturated carbocycles. The van der Waals surface area contributed by atoms with E-state index in [-0.39, 0.29) is 0 Å². The fourth-order valence-corrected chi connectivity index (χ4v) is 1.15. The van der Waals surface area contributed by atoms with Gasteiger partial charge in [0.25, 0.3) is 5.91 Å². The molecule has 0 bridgehead atoms. The van der Waals surface area contributed by atoms with Gasteiger partial charge in [0.2, 0.25) is 0 Å². The van der Waals surface area contributed by atoms with E-state index in [1.807, 2.05) is 25.1 Å². The highest BCUT2D eigenvalue weighted by Gasteiger charge is 2.07. The quantitative estimate of drug-likeness (QED) is 0.730. The number of rotatable bonds is 5. The number of benzene rings is 1. The Morgan fingerprint density at radius 2 is 2.12 bits per heavy atom. The first-order valence-electron chi connectivity index (χ1n) is 4.92. The van der Waals surface area contributed by atoms with Gasteiger partial charge in [0.1, 0.15) is 0 Å². The van der Waals surface area contributed by atoms with Crippen molar-refractivity contribution in [1.82, 2.24) is 5.48 Å². The van der Waals surface area contributed by atoms with E-state index in [2.05, 4.69) is 10.3 Å². The molecule has 6 heteroatoms. The summed E-state index contributed by atoms with van der Waals surface area (Å²) in [4.78, 5) is 28.1. The fourth-order valence-electron chi connectivity index (χ4n) is 1.15. The number of carboxylic acid groups (broad SMARTS) is 1. The van der Waals surface area contributed by atoms with Crippen molar-refractivity contribution in [3.05, 3.63) is 29.8 Å². The van der Waals surface area contributed by atoms with Crippen LogP contribution in [0, 0.1) is 0 Å². The molecular formula is C11H14N2O4. The van der Waals surface area contributed by atoms with Crippen molar-refractivity contribution in [1.29, 1.82) is 0 Å². The molecular weight excluding hydrogens is 224 g/mol. The van der Waals surface area contributed by atoms with Crippen LogP contribution >= 0.6 is 0 Å². The molecule has 17 heavy (non-hydrogen) atoms. The molecule has 0 spiro atoms. The number of nitrogens with zero attached hydrogens (tertiary/aromatic N) is 1. The van der Waals surface area contributed by atoms with Gasteiger partial charge >= 0.3 is 5.97 Å². The molecule has 0 aromatic heterocycles. The summed E-state index contributed by atoms with van der Waals surface area (Å²) in [6, 6.07) is 6.89. The second-order valence-electron chi connectivity index (χ2n) is 3.56. The zero-order valence-electron chi connectivity index (χ0n) is 9.64. The first-order chi connectivity index (χ1) is 8.00. The highest BCUT2D eigenvalue weighted by Crippen LogP contribution is 2.13. The Bertz CT molecular complexity index is 418. The van der Waals surface area contributed by atoms with E-state index < -0.39 is 18.5 Å². The fraction of sp³-hybridized carbons (Fsp3) is 0.273. The Balaban J connectivity index is 2.62. The van der Waals surface area contributed by atoms with E-state index in [0.29, 0.717) is 5.56 Å². The molecule has 1 aromatic carbocycles. The normalized spacial score (nSPS) is 9.76. The summed E-state index contributed by atoms with van der Waals surface area (Å²) in [6.07, 6.45) is 0. The van der Waals surface area contributed by atoms with Crippen LogP contribution in [-0.2, 0) is 9.63 Å². The summed E-state index contributed by atoms with van der Waals surface area (Å²) >= 11 is 0. The number of nitrogens with one attached hydrogen (secondary N) is 1. The van der Waals surface area contributed by atoms with Crippen molar-refractivity contribution in [2.45, 2.75) is 0 Å². The number of carbonyl (C=O) groups excluding carboxylic acids is 1. The Labute approximate surface area is 98.8 Å². The summed E-state index contributed by atoms with van der Waals surface area (Å²) in [5.41, 5.74) is 3.33. The molecule has 1 aromatic rings. The second-order valence-corrected chi connectivity index (χ2v) is 3.56. The molecule has 0 aliphatic rings. The Morgan fingerprint density at radius 1 is 1.41 bits per heavy atom. The summed E-state index contributed by atoms with van der Waals surface area (Å²) in [6.45, 7) is -0.570. The largest absolute Gasteiger partial charge is 0.479 e. The lowest BCUT2D eigenvalue weighted by Crippen LogP contribution is -2.26. The van der Waals surface area contributed by atoms with Crippen molar-refractivity contribution in [3.8, 4) is 0 Å². The van der Waals surface area contributed by atoms with Gasteiger partial charge < -0.3 is 10.0 Å². The first kappa shape index (κ1) is 13.0. The van der Waals surface area contributed by atoms with E-state index in [0.717, 1.165) is 5.69 Å². The van der Waals surface area contributed by atoms with Gasteiger partial charge in [-0.2, -0.15) is 0 Å². The first-order valence-corrected chi connectivity index (χ1v) is 4.92. The molecule has 0 radical (unpaired) electrons. The molecule has 0 aliphatic heterocycles. The van der Waals surface area contributed by atoms with Crippen LogP contribution in [0.2, 0.25) is 0 Å². The van der Waals surface area contributed by atoms with Crippen LogP contribution in [0.5, 0.6) is 0 Å². The highest BCUT2D eigenvalue weighted by atomic mass is 16.7. The molecule has 1 rings (SSSR count). The standard InChI is InChI=1S/C11H14N2O4/c1-13(2)9-5-3-4-8(6-9)11(16)12-17-7-10(14)15/h3-6H,7H2,1-2H3,(H,12,16)(H,14,15). The van der Waals surface area contributed by atoms with Gasteiger partial charge in [0.05, 0.1) is 0 Å². The number of carbonyl (C=O) groups is 2. The van der Waals surface area contributed by atoms with Crippen LogP contribution in [0.1, 0.15) is 10.4 Å². The number of aliphatic carboxylic acids is 1. The molecule has 6 nitrogen and oxygen atoms in total. The molecule has 0 unspecified atom stereocenters. The minimum atomic E-state index is -1.15. The van der Waals surface area contributed by atoms with Crippen molar-refractivity contribution in [2.75, 3.05) is 25.6 Å². The minimum Gasteiger partial charge on any atom is -0.479 e. The molecule has 0 atom stereocenters. The van der Waals surface area contributed by atoms with Gasteiger partial charge in [-0.25, -0.2) is 10.3 Å². The van der Waals surface area contributed by atoms with E-state index in [9.17, 15) is 9.59 Å². The van der Waals surface area contributed by atoms with Crippen LogP contribution in [0.15, 0.2) is 24.3 Å². The third-order valence-electron chi connectivity index (χ3n) is 1.99. The number of hydroxylamine groups is 1. The zero-order valence-corrected chi connectivity index (χ0v) is 9.64. The molecule has 0 aliphatic carbocycles. The highest BCUT2D eigenvalue weighted by molar-refractivity contribution is 5.94. The van der Waals surface area contributed by atoms with E-state index in [1.165, 1.54) is 0 Å². The van der Waals surface area contributed by atoms with E-state index >= 15 is 0 Å². The number of hydrogen-bond acceptors (Lipinski definition) is 4. The van der Waals surface area contributed by atoms with E-state index in [1.54, 1.807) is 18.2 Å². The van der Waals surface area contributed by atoms with Gasteiger partial charge in [-0.3, -0.25) is 9.63 Å². The van der Waals surface area contributed by atoms with Gasteiger partial charge in [0, 0.05) is 25.3 Å². The average Bonchev–Trinajstić information content (AvgIpc) is 2.28. The van der Waals surface area contributed by atoms with Crippen LogP contribution < -0.4 is 10.4 Å². The van der Waals surface area contributed by atoms with Crippen molar-refractivity contribution in [2.24, 2.45) is 0 Å². The summed E-state index contributed by atoms with van der Waals surface area (Å²) in [7, 11) is 3.72. The predicted molar refractivity (Wildman–Crippen MR) is 61.8 cm³/mol. The number of hydrogen-bond donors (Lipinski definition) is 2. The van der Waals surface area contributed by atoms with Crippen molar-refractivity contribution in [3.63, 3.8) is 0 Å². The second kappa shape index (κ2) is 5.86. The van der Waals surface area contributed by atoms with Crippen LogP contribution in [0.25, 0.3) is 0 Å². The Morgan fingerprint density at radius 3 is 2.71 bits per heavy atom. The minimum absolute atomic E-state index is 0.404. The number of amides is 1. The van der Waals surface area contributed by atoms with Crippen LogP contribution in [0.4, 0.5) is 5.69 Å². The number of carboxylic acids is 1. The van der Waals surface area contributed by atoms with Gasteiger partial charge in [0.15, 0.2) is 6.61 Å². The maximum absolute atomic E-state index is 11.6. The Kier molecular flexibility index (Phi) is 4.47. The molecule has 0 fully saturated rings. The summed E-state index contributed by atoms with van der Waals surface area (Å²) < 4.78 is 0.